The molecule has 0 aliphatic heterocycles. The molecule has 0 saturated heterocycles. The molecule has 2 rings (SSSR count). The molecule has 1 N–H and O–H groups in total. The zero-order valence-electron chi connectivity index (χ0n) is 12.6. The van der Waals surface area contributed by atoms with E-state index in [0.717, 1.165) is 5.92 Å². The molecule has 2 atom stereocenters. The Morgan fingerprint density at radius 1 is 1.17 bits per heavy atom. The molecule has 0 bridgehead atoms. The van der Waals surface area contributed by atoms with Crippen molar-refractivity contribution in [1.29, 1.82) is 0 Å². The lowest BCUT2D eigenvalue weighted by Crippen LogP contribution is -2.44. The quantitative estimate of drug-likeness (QED) is 0.716. The van der Waals surface area contributed by atoms with Gasteiger partial charge in [-0.25, -0.2) is 0 Å². The Morgan fingerprint density at radius 2 is 2.00 bits per heavy atom. The van der Waals surface area contributed by atoms with Crippen molar-refractivity contribution in [2.45, 2.75) is 77.7 Å². The van der Waals surface area contributed by atoms with Crippen LogP contribution >= 0.6 is 0 Å². The molecule has 104 valence electrons. The van der Waals surface area contributed by atoms with Crippen molar-refractivity contribution in [2.24, 2.45) is 11.3 Å². The van der Waals surface area contributed by atoms with Crippen LogP contribution in [0.3, 0.4) is 0 Å². The van der Waals surface area contributed by atoms with Crippen LogP contribution in [0, 0.1) is 11.3 Å². The lowest BCUT2D eigenvalue weighted by atomic mass is 9.64. The summed E-state index contributed by atoms with van der Waals surface area (Å²) < 4.78 is 0. The van der Waals surface area contributed by atoms with Gasteiger partial charge in [-0.05, 0) is 56.9 Å². The molecule has 2 unspecified atom stereocenters. The topological polar surface area (TPSA) is 12.0 Å². The van der Waals surface area contributed by atoms with Gasteiger partial charge in [-0.1, -0.05) is 44.8 Å². The zero-order valence-corrected chi connectivity index (χ0v) is 12.6. The highest BCUT2D eigenvalue weighted by atomic mass is 14.9. The summed E-state index contributed by atoms with van der Waals surface area (Å²) in [7, 11) is 2.17. The molecule has 1 saturated carbocycles. The van der Waals surface area contributed by atoms with E-state index in [0.29, 0.717) is 11.5 Å². The molecule has 1 fully saturated rings. The molecule has 1 heteroatoms. The molecule has 0 aromatic heterocycles. The predicted octanol–water partition coefficient (Wildman–Crippen LogP) is 4.68. The number of rotatable bonds is 3. The van der Waals surface area contributed by atoms with Gasteiger partial charge in [0, 0.05) is 6.04 Å². The van der Waals surface area contributed by atoms with Gasteiger partial charge in [-0.3, -0.25) is 0 Å². The third kappa shape index (κ3) is 3.17. The number of hydrogen-bond donors (Lipinski definition) is 1. The summed E-state index contributed by atoms with van der Waals surface area (Å²) in [5.41, 5.74) is 2.23. The van der Waals surface area contributed by atoms with E-state index in [9.17, 15) is 0 Å². The first-order chi connectivity index (χ1) is 8.65. The molecular weight excluding hydrogens is 218 g/mol. The monoisotopic (exact) mass is 249 g/mol. The summed E-state index contributed by atoms with van der Waals surface area (Å²) in [5, 5.41) is 3.66. The van der Waals surface area contributed by atoms with Gasteiger partial charge in [0.2, 0.25) is 0 Å². The van der Waals surface area contributed by atoms with E-state index in [4.69, 9.17) is 0 Å². The Morgan fingerprint density at radius 3 is 2.72 bits per heavy atom. The van der Waals surface area contributed by atoms with Gasteiger partial charge in [0.15, 0.2) is 0 Å². The molecule has 0 radical (unpaired) electrons. The van der Waals surface area contributed by atoms with Gasteiger partial charge in [0.1, 0.15) is 0 Å². The lowest BCUT2D eigenvalue weighted by Gasteiger charge is -2.44. The van der Waals surface area contributed by atoms with E-state index in [1.54, 1.807) is 5.57 Å². The second kappa shape index (κ2) is 6.23. The predicted molar refractivity (Wildman–Crippen MR) is 79.8 cm³/mol. The summed E-state index contributed by atoms with van der Waals surface area (Å²) >= 11 is 0. The minimum Gasteiger partial charge on any atom is -0.313 e. The van der Waals surface area contributed by atoms with Crippen LogP contribution in [0.25, 0.3) is 0 Å². The molecular formula is C17H31N. The molecule has 0 aromatic carbocycles. The molecule has 1 nitrogen and oxygen atoms in total. The number of likely N-dealkylation sites (N-methyl/N-ethyl adjacent to an activating group) is 1. The third-order valence-corrected chi connectivity index (χ3v) is 5.28. The van der Waals surface area contributed by atoms with Crippen molar-refractivity contribution in [3.63, 3.8) is 0 Å². The van der Waals surface area contributed by atoms with E-state index < -0.39 is 0 Å². The van der Waals surface area contributed by atoms with Crippen molar-refractivity contribution in [2.75, 3.05) is 7.05 Å². The molecule has 0 heterocycles. The van der Waals surface area contributed by atoms with Crippen LogP contribution in [0.5, 0.6) is 0 Å². The standard InChI is InChI=1S/C17H31N/c1-17(2)13-9-8-12-15(17)16(18-3)14-10-6-4-5-7-11-14/h10,15-16,18H,4-9,11-13H2,1-3H3. The first-order valence-electron chi connectivity index (χ1n) is 8.01. The number of nitrogens with one attached hydrogen (secondary N) is 1. The van der Waals surface area contributed by atoms with E-state index in [1.807, 2.05) is 0 Å². The second-order valence-corrected chi connectivity index (χ2v) is 6.99. The minimum atomic E-state index is 0.513. The Balaban J connectivity index is 2.13. The average molecular weight is 249 g/mol. The third-order valence-electron chi connectivity index (χ3n) is 5.28. The Hall–Kier alpha value is -0.300. The Labute approximate surface area is 113 Å². The summed E-state index contributed by atoms with van der Waals surface area (Å²) in [5.74, 6) is 0.834. The molecule has 2 aliphatic rings. The van der Waals surface area contributed by atoms with Crippen molar-refractivity contribution >= 4 is 0 Å². The number of hydrogen-bond acceptors (Lipinski definition) is 1. The highest BCUT2D eigenvalue weighted by molar-refractivity contribution is 5.15. The molecule has 0 amide bonds. The Bertz CT molecular complexity index is 290. The van der Waals surface area contributed by atoms with E-state index in [1.165, 1.54) is 57.8 Å². The largest absolute Gasteiger partial charge is 0.313 e. The van der Waals surface area contributed by atoms with Gasteiger partial charge in [0.25, 0.3) is 0 Å². The van der Waals surface area contributed by atoms with E-state index in [-0.39, 0.29) is 0 Å². The minimum absolute atomic E-state index is 0.513. The SMILES string of the molecule is CNC(C1=CCCCCC1)C1CCCCC1(C)C. The first-order valence-corrected chi connectivity index (χ1v) is 8.01. The van der Waals surface area contributed by atoms with Crippen LogP contribution in [-0.4, -0.2) is 13.1 Å². The maximum atomic E-state index is 3.66. The highest BCUT2D eigenvalue weighted by Gasteiger charge is 2.38. The van der Waals surface area contributed by atoms with Gasteiger partial charge >= 0.3 is 0 Å². The van der Waals surface area contributed by atoms with Crippen LogP contribution in [0.4, 0.5) is 0 Å². The Kier molecular flexibility index (Phi) is 4.89. The lowest BCUT2D eigenvalue weighted by molar-refractivity contribution is 0.112. The van der Waals surface area contributed by atoms with E-state index in [2.05, 4.69) is 32.3 Å². The summed E-state index contributed by atoms with van der Waals surface area (Å²) in [6, 6.07) is 0.637. The zero-order chi connectivity index (χ0) is 13.0. The molecule has 0 aromatic rings. The van der Waals surface area contributed by atoms with Crippen LogP contribution < -0.4 is 5.32 Å². The summed E-state index contributed by atoms with van der Waals surface area (Å²) in [6.45, 7) is 4.97. The summed E-state index contributed by atoms with van der Waals surface area (Å²) in [6.07, 6.45) is 15.1. The maximum absolute atomic E-state index is 3.66. The maximum Gasteiger partial charge on any atom is 0.0310 e. The second-order valence-electron chi connectivity index (χ2n) is 6.99. The van der Waals surface area contributed by atoms with Crippen LogP contribution in [0.2, 0.25) is 0 Å². The molecule has 18 heavy (non-hydrogen) atoms. The fraction of sp³-hybridized carbons (Fsp3) is 0.882. The van der Waals surface area contributed by atoms with Gasteiger partial charge in [-0.2, -0.15) is 0 Å². The average Bonchev–Trinajstić information content (AvgIpc) is 2.61. The van der Waals surface area contributed by atoms with Crippen molar-refractivity contribution < 1.29 is 0 Å². The first kappa shape index (κ1) is 14.1. The van der Waals surface area contributed by atoms with Gasteiger partial charge in [0.05, 0.1) is 0 Å². The van der Waals surface area contributed by atoms with Crippen LogP contribution in [-0.2, 0) is 0 Å². The van der Waals surface area contributed by atoms with Crippen molar-refractivity contribution in [3.8, 4) is 0 Å². The normalized spacial score (nSPS) is 30.4. The highest BCUT2D eigenvalue weighted by Crippen LogP contribution is 2.44. The van der Waals surface area contributed by atoms with Gasteiger partial charge in [-0.15, -0.1) is 0 Å². The summed E-state index contributed by atoms with van der Waals surface area (Å²) in [4.78, 5) is 0. The van der Waals surface area contributed by atoms with Crippen LogP contribution in [0.15, 0.2) is 11.6 Å². The fourth-order valence-electron chi connectivity index (χ4n) is 4.11. The van der Waals surface area contributed by atoms with Crippen molar-refractivity contribution in [1.82, 2.24) is 5.32 Å². The smallest absolute Gasteiger partial charge is 0.0310 e. The fourth-order valence-corrected chi connectivity index (χ4v) is 4.11. The van der Waals surface area contributed by atoms with Gasteiger partial charge < -0.3 is 5.32 Å². The van der Waals surface area contributed by atoms with Crippen LogP contribution in [0.1, 0.15) is 71.6 Å². The molecule has 0 spiro atoms. The number of allylic oxidation sites excluding steroid dienone is 1. The van der Waals surface area contributed by atoms with Crippen molar-refractivity contribution in [3.05, 3.63) is 11.6 Å². The van der Waals surface area contributed by atoms with E-state index >= 15 is 0 Å². The molecule has 2 aliphatic carbocycles.